The highest BCUT2D eigenvalue weighted by molar-refractivity contribution is 5.82. The molecule has 0 atom stereocenters. The van der Waals surface area contributed by atoms with Crippen LogP contribution in [0, 0.1) is 0 Å². The molecule has 0 amide bonds. The highest BCUT2D eigenvalue weighted by atomic mass is 16.4. The highest BCUT2D eigenvalue weighted by Crippen LogP contribution is 2.41. The summed E-state index contributed by atoms with van der Waals surface area (Å²) in [6.07, 6.45) is 6.69. The maximum Gasteiger partial charge on any atom is 0.332 e. The van der Waals surface area contributed by atoms with E-state index in [9.17, 15) is 14.7 Å². The van der Waals surface area contributed by atoms with Crippen LogP contribution in [-0.2, 0) is 10.2 Å². The number of hydrogen-bond acceptors (Lipinski definition) is 2. The van der Waals surface area contributed by atoms with Crippen molar-refractivity contribution in [3.63, 3.8) is 0 Å². The van der Waals surface area contributed by atoms with Crippen LogP contribution in [-0.4, -0.2) is 20.2 Å². The van der Waals surface area contributed by atoms with Crippen LogP contribution in [0.3, 0.4) is 0 Å². The minimum Gasteiger partial charge on any atom is -0.481 e. The fourth-order valence-corrected chi connectivity index (χ4v) is 3.54. The van der Waals surface area contributed by atoms with Gasteiger partial charge >= 0.3 is 11.7 Å². The Kier molecular flexibility index (Phi) is 3.88. The van der Waals surface area contributed by atoms with E-state index in [0.717, 1.165) is 24.1 Å². The average Bonchev–Trinajstić information content (AvgIpc) is 3.14. The molecule has 1 aliphatic carbocycles. The van der Waals surface area contributed by atoms with Gasteiger partial charge in [0.15, 0.2) is 0 Å². The number of nitrogens with zero attached hydrogens (tertiary/aromatic N) is 2. The van der Waals surface area contributed by atoms with Gasteiger partial charge in [-0.1, -0.05) is 25.0 Å². The topological polar surface area (TPSA) is 64.2 Å². The van der Waals surface area contributed by atoms with Crippen molar-refractivity contribution in [2.75, 3.05) is 0 Å². The van der Waals surface area contributed by atoms with Crippen molar-refractivity contribution in [1.29, 1.82) is 0 Å². The van der Waals surface area contributed by atoms with E-state index < -0.39 is 11.4 Å². The molecule has 0 bridgehead atoms. The molecule has 1 N–H and O–H groups in total. The first-order valence-electron chi connectivity index (χ1n) is 8.09. The molecule has 23 heavy (non-hydrogen) atoms. The first-order chi connectivity index (χ1) is 11.0. The third-order valence-electron chi connectivity index (χ3n) is 4.90. The van der Waals surface area contributed by atoms with Crippen LogP contribution in [0.2, 0.25) is 0 Å². The number of carboxylic acid groups (broad SMARTS) is 1. The summed E-state index contributed by atoms with van der Waals surface area (Å²) >= 11 is 0. The zero-order valence-corrected chi connectivity index (χ0v) is 13.5. The van der Waals surface area contributed by atoms with Crippen LogP contribution < -0.4 is 5.69 Å². The van der Waals surface area contributed by atoms with Crippen LogP contribution in [0.5, 0.6) is 0 Å². The summed E-state index contributed by atoms with van der Waals surface area (Å²) in [6, 6.07) is 7.50. The molecular formula is C18H22N2O3. The fourth-order valence-electron chi connectivity index (χ4n) is 3.54. The third-order valence-corrected chi connectivity index (χ3v) is 4.90. The summed E-state index contributed by atoms with van der Waals surface area (Å²) in [7, 11) is 0. The molecule has 1 aliphatic rings. The SMILES string of the molecule is CC(C)n1ccn(-c2cccc(C3(C(=O)O)CCCC3)c2)c1=O. The highest BCUT2D eigenvalue weighted by Gasteiger charge is 2.42. The van der Waals surface area contributed by atoms with Crippen molar-refractivity contribution in [3.05, 3.63) is 52.7 Å². The van der Waals surface area contributed by atoms with Gasteiger partial charge < -0.3 is 5.11 Å². The molecule has 122 valence electrons. The summed E-state index contributed by atoms with van der Waals surface area (Å²) in [5.74, 6) is -0.765. The Balaban J connectivity index is 2.07. The standard InChI is InChI=1S/C18H22N2O3/c1-13(2)19-10-11-20(17(19)23)15-7-5-6-14(12-15)18(16(21)22)8-3-4-9-18/h5-7,10-13H,3-4,8-9H2,1-2H3,(H,21,22). The van der Waals surface area contributed by atoms with E-state index in [0.29, 0.717) is 12.8 Å². The van der Waals surface area contributed by atoms with Gasteiger partial charge in [-0.3, -0.25) is 13.9 Å². The van der Waals surface area contributed by atoms with Crippen LogP contribution in [0.1, 0.15) is 51.1 Å². The smallest absolute Gasteiger partial charge is 0.332 e. The van der Waals surface area contributed by atoms with E-state index in [4.69, 9.17) is 0 Å². The Bertz CT molecular complexity index is 780. The first kappa shape index (κ1) is 15.6. The molecule has 1 saturated carbocycles. The number of benzene rings is 1. The molecule has 5 heteroatoms. The van der Waals surface area contributed by atoms with Crippen molar-refractivity contribution in [2.24, 2.45) is 0 Å². The molecule has 3 rings (SSSR count). The predicted octanol–water partition coefficient (Wildman–Crippen LogP) is 3.12. The Morgan fingerprint density at radius 1 is 1.22 bits per heavy atom. The van der Waals surface area contributed by atoms with Crippen LogP contribution in [0.4, 0.5) is 0 Å². The van der Waals surface area contributed by atoms with Gasteiger partial charge in [0.05, 0.1) is 11.1 Å². The maximum absolute atomic E-state index is 12.5. The van der Waals surface area contributed by atoms with Crippen LogP contribution in [0.15, 0.2) is 41.5 Å². The lowest BCUT2D eigenvalue weighted by Gasteiger charge is -2.24. The second kappa shape index (κ2) is 5.72. The number of hydrogen-bond donors (Lipinski definition) is 1. The summed E-state index contributed by atoms with van der Waals surface area (Å²) in [5, 5.41) is 9.74. The molecule has 1 fully saturated rings. The number of carbonyl (C=O) groups is 1. The van der Waals surface area contributed by atoms with Gasteiger partial charge in [-0.25, -0.2) is 4.79 Å². The van der Waals surface area contributed by atoms with Crippen molar-refractivity contribution in [3.8, 4) is 5.69 Å². The van der Waals surface area contributed by atoms with Crippen LogP contribution in [0.25, 0.3) is 5.69 Å². The van der Waals surface area contributed by atoms with E-state index in [2.05, 4.69) is 0 Å². The second-order valence-electron chi connectivity index (χ2n) is 6.60. The van der Waals surface area contributed by atoms with Crippen LogP contribution >= 0.6 is 0 Å². The van der Waals surface area contributed by atoms with E-state index in [1.165, 1.54) is 0 Å². The number of carboxylic acids is 1. The normalized spacial score (nSPS) is 16.8. The van der Waals surface area contributed by atoms with E-state index >= 15 is 0 Å². The molecule has 1 aromatic carbocycles. The quantitative estimate of drug-likeness (QED) is 0.943. The molecular weight excluding hydrogens is 292 g/mol. The third kappa shape index (κ3) is 2.50. The molecule has 0 saturated heterocycles. The van der Waals surface area contributed by atoms with Crippen molar-refractivity contribution < 1.29 is 9.90 Å². The van der Waals surface area contributed by atoms with Gasteiger partial charge in [0.1, 0.15) is 0 Å². The minimum atomic E-state index is -0.805. The van der Waals surface area contributed by atoms with Crippen molar-refractivity contribution in [1.82, 2.24) is 9.13 Å². The predicted molar refractivity (Wildman–Crippen MR) is 88.2 cm³/mol. The van der Waals surface area contributed by atoms with Gasteiger partial charge in [-0.2, -0.15) is 0 Å². The summed E-state index contributed by atoms with van der Waals surface area (Å²) in [4.78, 5) is 24.3. The zero-order chi connectivity index (χ0) is 16.6. The number of imidazole rings is 1. The van der Waals surface area contributed by atoms with Crippen molar-refractivity contribution >= 4 is 5.97 Å². The Hall–Kier alpha value is -2.30. The molecule has 0 radical (unpaired) electrons. The lowest BCUT2D eigenvalue weighted by Crippen LogP contribution is -2.32. The van der Waals surface area contributed by atoms with E-state index in [1.54, 1.807) is 21.5 Å². The summed E-state index contributed by atoms with van der Waals surface area (Å²) in [5.41, 5.74) is 0.608. The minimum absolute atomic E-state index is 0.0899. The largest absolute Gasteiger partial charge is 0.481 e. The molecule has 0 aliphatic heterocycles. The van der Waals surface area contributed by atoms with Crippen molar-refractivity contribution in [2.45, 2.75) is 51.0 Å². The molecule has 1 aromatic heterocycles. The molecule has 0 spiro atoms. The molecule has 1 heterocycles. The van der Waals surface area contributed by atoms with E-state index in [1.807, 2.05) is 38.1 Å². The Morgan fingerprint density at radius 3 is 2.48 bits per heavy atom. The number of rotatable bonds is 4. The number of aromatic nitrogens is 2. The molecule has 5 nitrogen and oxygen atoms in total. The van der Waals surface area contributed by atoms with Gasteiger partial charge in [-0.05, 0) is 44.4 Å². The second-order valence-corrected chi connectivity index (χ2v) is 6.60. The lowest BCUT2D eigenvalue weighted by atomic mass is 9.79. The van der Waals surface area contributed by atoms with Gasteiger partial charge in [0, 0.05) is 18.4 Å². The Labute approximate surface area is 135 Å². The zero-order valence-electron chi connectivity index (χ0n) is 13.5. The average molecular weight is 314 g/mol. The lowest BCUT2D eigenvalue weighted by molar-refractivity contribution is -0.143. The molecule has 0 unspecified atom stereocenters. The summed E-state index contributed by atoms with van der Waals surface area (Å²) in [6.45, 7) is 3.92. The first-order valence-corrected chi connectivity index (χ1v) is 8.09. The van der Waals surface area contributed by atoms with Gasteiger partial charge in [0.2, 0.25) is 0 Å². The summed E-state index contributed by atoms with van der Waals surface area (Å²) < 4.78 is 3.24. The molecule has 2 aromatic rings. The van der Waals surface area contributed by atoms with E-state index in [-0.39, 0.29) is 11.7 Å². The number of aliphatic carboxylic acids is 1. The fraction of sp³-hybridized carbons (Fsp3) is 0.444. The van der Waals surface area contributed by atoms with Gasteiger partial charge in [-0.15, -0.1) is 0 Å². The monoisotopic (exact) mass is 314 g/mol. The maximum atomic E-state index is 12.5. The van der Waals surface area contributed by atoms with Gasteiger partial charge in [0.25, 0.3) is 0 Å². The Morgan fingerprint density at radius 2 is 1.91 bits per heavy atom.